The highest BCUT2D eigenvalue weighted by Gasteiger charge is 2.13. The third kappa shape index (κ3) is 5.12. The Morgan fingerprint density at radius 2 is 1.78 bits per heavy atom. The summed E-state index contributed by atoms with van der Waals surface area (Å²) in [6.07, 6.45) is 1.54. The SMILES string of the molecule is COc1ccc(CNC(=O)Cn2cc(-c3nc(-c4ccc(Br)cc4)no3)ccc2=O)cc1. The Balaban J connectivity index is 1.45. The van der Waals surface area contributed by atoms with Gasteiger partial charge in [-0.3, -0.25) is 9.59 Å². The van der Waals surface area contributed by atoms with E-state index in [0.29, 0.717) is 17.9 Å². The van der Waals surface area contributed by atoms with E-state index >= 15 is 0 Å². The van der Waals surface area contributed by atoms with Gasteiger partial charge in [-0.15, -0.1) is 0 Å². The van der Waals surface area contributed by atoms with E-state index < -0.39 is 0 Å². The number of hydrogen-bond donors (Lipinski definition) is 1. The fourth-order valence-electron chi connectivity index (χ4n) is 2.99. The van der Waals surface area contributed by atoms with Crippen LogP contribution >= 0.6 is 15.9 Å². The highest BCUT2D eigenvalue weighted by Crippen LogP contribution is 2.23. The fraction of sp³-hybridized carbons (Fsp3) is 0.130. The zero-order chi connectivity index (χ0) is 22.5. The summed E-state index contributed by atoms with van der Waals surface area (Å²) >= 11 is 3.39. The predicted octanol–water partition coefficient (Wildman–Crippen LogP) is 3.65. The second-order valence-corrected chi connectivity index (χ2v) is 7.85. The predicted molar refractivity (Wildman–Crippen MR) is 122 cm³/mol. The van der Waals surface area contributed by atoms with E-state index in [1.54, 1.807) is 13.2 Å². The molecule has 0 saturated heterocycles. The van der Waals surface area contributed by atoms with Gasteiger partial charge in [0.05, 0.1) is 12.7 Å². The number of methoxy groups -OCH3 is 1. The fourth-order valence-corrected chi connectivity index (χ4v) is 3.26. The van der Waals surface area contributed by atoms with Gasteiger partial charge in [0.2, 0.25) is 11.7 Å². The molecule has 32 heavy (non-hydrogen) atoms. The van der Waals surface area contributed by atoms with Crippen molar-refractivity contribution in [2.45, 2.75) is 13.1 Å². The number of nitrogens with one attached hydrogen (secondary N) is 1. The molecule has 0 aliphatic rings. The number of benzene rings is 2. The summed E-state index contributed by atoms with van der Waals surface area (Å²) in [6, 6.07) is 17.8. The van der Waals surface area contributed by atoms with E-state index in [-0.39, 0.29) is 23.9 Å². The number of carbonyl (C=O) groups excluding carboxylic acids is 1. The summed E-state index contributed by atoms with van der Waals surface area (Å²) in [4.78, 5) is 29.0. The molecule has 0 aliphatic carbocycles. The number of pyridine rings is 1. The summed E-state index contributed by atoms with van der Waals surface area (Å²) < 4.78 is 12.7. The smallest absolute Gasteiger partial charge is 0.259 e. The molecule has 2 aromatic heterocycles. The highest BCUT2D eigenvalue weighted by molar-refractivity contribution is 9.10. The third-order valence-electron chi connectivity index (χ3n) is 4.72. The summed E-state index contributed by atoms with van der Waals surface area (Å²) in [5, 5.41) is 6.81. The molecule has 1 amide bonds. The molecule has 2 aromatic carbocycles. The van der Waals surface area contributed by atoms with Crippen molar-refractivity contribution in [3.63, 3.8) is 0 Å². The number of hydrogen-bond acceptors (Lipinski definition) is 6. The lowest BCUT2D eigenvalue weighted by Crippen LogP contribution is -2.31. The molecule has 8 nitrogen and oxygen atoms in total. The Morgan fingerprint density at radius 3 is 2.50 bits per heavy atom. The van der Waals surface area contributed by atoms with E-state index in [1.807, 2.05) is 48.5 Å². The van der Waals surface area contributed by atoms with E-state index in [2.05, 4.69) is 31.4 Å². The van der Waals surface area contributed by atoms with Crippen molar-refractivity contribution < 1.29 is 14.1 Å². The monoisotopic (exact) mass is 494 g/mol. The molecule has 1 N–H and O–H groups in total. The lowest BCUT2D eigenvalue weighted by atomic mass is 10.2. The minimum Gasteiger partial charge on any atom is -0.497 e. The van der Waals surface area contributed by atoms with Crippen LogP contribution in [-0.2, 0) is 17.9 Å². The molecule has 9 heteroatoms. The van der Waals surface area contributed by atoms with Gasteiger partial charge in [0.15, 0.2) is 0 Å². The zero-order valence-electron chi connectivity index (χ0n) is 17.1. The van der Waals surface area contributed by atoms with E-state index in [9.17, 15) is 9.59 Å². The van der Waals surface area contributed by atoms with Crippen molar-refractivity contribution in [2.75, 3.05) is 7.11 Å². The maximum atomic E-state index is 12.4. The van der Waals surface area contributed by atoms with Crippen LogP contribution in [0.1, 0.15) is 5.56 Å². The molecule has 0 spiro atoms. The van der Waals surface area contributed by atoms with Gasteiger partial charge >= 0.3 is 0 Å². The molecule has 2 heterocycles. The molecular formula is C23H19BrN4O4. The molecule has 162 valence electrons. The van der Waals surface area contributed by atoms with Crippen LogP contribution in [0.4, 0.5) is 0 Å². The van der Waals surface area contributed by atoms with Crippen LogP contribution in [0.15, 0.2) is 80.7 Å². The number of aromatic nitrogens is 3. The third-order valence-corrected chi connectivity index (χ3v) is 5.25. The van der Waals surface area contributed by atoms with E-state index in [1.165, 1.54) is 16.8 Å². The van der Waals surface area contributed by atoms with Gasteiger partial charge in [0, 0.05) is 28.8 Å². The lowest BCUT2D eigenvalue weighted by Gasteiger charge is -2.09. The Morgan fingerprint density at radius 1 is 1.06 bits per heavy atom. The van der Waals surface area contributed by atoms with Crippen LogP contribution in [0, 0.1) is 0 Å². The van der Waals surface area contributed by atoms with Crippen LogP contribution in [0.5, 0.6) is 5.75 Å². The van der Waals surface area contributed by atoms with Gasteiger partial charge in [-0.2, -0.15) is 4.98 Å². The Labute approximate surface area is 192 Å². The average molecular weight is 495 g/mol. The first-order valence-corrected chi connectivity index (χ1v) is 10.5. The second-order valence-electron chi connectivity index (χ2n) is 6.94. The normalized spacial score (nSPS) is 10.7. The summed E-state index contributed by atoms with van der Waals surface area (Å²) in [5.41, 5.74) is 1.96. The maximum Gasteiger partial charge on any atom is 0.259 e. The first-order valence-electron chi connectivity index (χ1n) is 9.72. The molecule has 0 aliphatic heterocycles. The molecule has 0 atom stereocenters. The summed E-state index contributed by atoms with van der Waals surface area (Å²) in [5.74, 6) is 1.15. The van der Waals surface area contributed by atoms with Crippen molar-refractivity contribution in [1.29, 1.82) is 0 Å². The molecule has 0 unspecified atom stereocenters. The van der Waals surface area contributed by atoms with Gasteiger partial charge in [0.25, 0.3) is 11.4 Å². The van der Waals surface area contributed by atoms with Crippen molar-refractivity contribution in [1.82, 2.24) is 20.0 Å². The number of amides is 1. The zero-order valence-corrected chi connectivity index (χ0v) is 18.7. The molecule has 0 bridgehead atoms. The van der Waals surface area contributed by atoms with Crippen molar-refractivity contribution in [3.05, 3.63) is 87.3 Å². The van der Waals surface area contributed by atoms with Crippen LogP contribution in [0.25, 0.3) is 22.8 Å². The van der Waals surface area contributed by atoms with Crippen LogP contribution in [0.2, 0.25) is 0 Å². The Hall–Kier alpha value is -3.72. The van der Waals surface area contributed by atoms with E-state index in [4.69, 9.17) is 9.26 Å². The van der Waals surface area contributed by atoms with Crippen molar-refractivity contribution in [3.8, 4) is 28.6 Å². The number of halogens is 1. The Bertz CT molecular complexity index is 1280. The van der Waals surface area contributed by atoms with Gasteiger partial charge < -0.3 is 19.1 Å². The van der Waals surface area contributed by atoms with Crippen molar-refractivity contribution >= 4 is 21.8 Å². The number of carbonyl (C=O) groups is 1. The van der Waals surface area contributed by atoms with Gasteiger partial charge in [-0.25, -0.2) is 0 Å². The number of nitrogens with zero attached hydrogens (tertiary/aromatic N) is 3. The second kappa shape index (κ2) is 9.61. The summed E-state index contributed by atoms with van der Waals surface area (Å²) in [6.45, 7) is 0.216. The first kappa shape index (κ1) is 21.5. The minimum atomic E-state index is -0.305. The van der Waals surface area contributed by atoms with Gasteiger partial charge in [-0.1, -0.05) is 33.2 Å². The van der Waals surface area contributed by atoms with Crippen molar-refractivity contribution in [2.24, 2.45) is 0 Å². The minimum absolute atomic E-state index is 0.128. The summed E-state index contributed by atoms with van der Waals surface area (Å²) in [7, 11) is 1.60. The largest absolute Gasteiger partial charge is 0.497 e. The van der Waals surface area contributed by atoms with Gasteiger partial charge in [0.1, 0.15) is 12.3 Å². The Kier molecular flexibility index (Phi) is 6.46. The molecule has 4 rings (SSSR count). The molecule has 4 aromatic rings. The lowest BCUT2D eigenvalue weighted by molar-refractivity contribution is -0.121. The average Bonchev–Trinajstić information content (AvgIpc) is 3.30. The quantitative estimate of drug-likeness (QED) is 0.420. The van der Waals surface area contributed by atoms with E-state index in [0.717, 1.165) is 21.3 Å². The van der Waals surface area contributed by atoms with Gasteiger partial charge in [-0.05, 0) is 48.0 Å². The standard InChI is InChI=1S/C23H19BrN4O4/c1-31-19-9-2-15(3-10-19)12-25-20(29)14-28-13-17(6-11-21(28)30)23-26-22(27-32-23)16-4-7-18(24)8-5-16/h2-11,13H,12,14H2,1H3,(H,25,29). The molecule has 0 radical (unpaired) electrons. The molecular weight excluding hydrogens is 476 g/mol. The first-order chi connectivity index (χ1) is 15.5. The van der Waals surface area contributed by atoms with Crippen LogP contribution in [-0.4, -0.2) is 27.7 Å². The maximum absolute atomic E-state index is 12.4. The molecule has 0 saturated carbocycles. The topological polar surface area (TPSA) is 99.2 Å². The highest BCUT2D eigenvalue weighted by atomic mass is 79.9. The molecule has 0 fully saturated rings. The number of rotatable bonds is 7. The van der Waals surface area contributed by atoms with Crippen LogP contribution in [0.3, 0.4) is 0 Å². The van der Waals surface area contributed by atoms with Crippen LogP contribution < -0.4 is 15.6 Å². The number of ether oxygens (including phenoxy) is 1.